The number of nitrogens with one attached hydrogen (secondary N) is 4. The molecule has 8 nitrogen and oxygen atoms in total. The Bertz CT molecular complexity index is 1000. The lowest BCUT2D eigenvalue weighted by atomic mass is 9.85. The molecular formula is C23H28N6O2. The Morgan fingerprint density at radius 2 is 2.03 bits per heavy atom. The Labute approximate surface area is 181 Å². The van der Waals surface area contributed by atoms with Gasteiger partial charge in [0.15, 0.2) is 0 Å². The van der Waals surface area contributed by atoms with E-state index < -0.39 is 0 Å². The van der Waals surface area contributed by atoms with Crippen molar-refractivity contribution in [1.29, 1.82) is 0 Å². The van der Waals surface area contributed by atoms with Gasteiger partial charge in [0.2, 0.25) is 11.9 Å². The molecule has 0 saturated heterocycles. The van der Waals surface area contributed by atoms with E-state index in [-0.39, 0.29) is 17.7 Å². The zero-order valence-electron chi connectivity index (χ0n) is 17.5. The third kappa shape index (κ3) is 4.47. The van der Waals surface area contributed by atoms with E-state index in [1.807, 2.05) is 24.4 Å². The number of amides is 2. The summed E-state index contributed by atoms with van der Waals surface area (Å²) in [4.78, 5) is 32.9. The molecule has 162 valence electrons. The maximum Gasteiger partial charge on any atom is 0.251 e. The third-order valence-electron chi connectivity index (χ3n) is 6.30. The first-order chi connectivity index (χ1) is 15.2. The fraction of sp³-hybridized carbons (Fsp3) is 0.478. The zero-order chi connectivity index (χ0) is 21.2. The molecule has 31 heavy (non-hydrogen) atoms. The van der Waals surface area contributed by atoms with Crippen molar-refractivity contribution in [2.24, 2.45) is 5.92 Å². The molecule has 4 N–H and O–H groups in total. The Hall–Kier alpha value is -3.16. The van der Waals surface area contributed by atoms with E-state index in [9.17, 15) is 9.59 Å². The van der Waals surface area contributed by atoms with Gasteiger partial charge in [0, 0.05) is 48.6 Å². The van der Waals surface area contributed by atoms with Crippen molar-refractivity contribution >= 4 is 29.3 Å². The zero-order valence-corrected chi connectivity index (χ0v) is 17.5. The molecule has 1 aromatic heterocycles. The Morgan fingerprint density at radius 1 is 1.16 bits per heavy atom. The van der Waals surface area contributed by atoms with Gasteiger partial charge in [-0.05, 0) is 61.8 Å². The van der Waals surface area contributed by atoms with Gasteiger partial charge in [-0.15, -0.1) is 0 Å². The molecule has 2 heterocycles. The summed E-state index contributed by atoms with van der Waals surface area (Å²) in [6.07, 6.45) is 8.34. The van der Waals surface area contributed by atoms with Crippen LogP contribution in [0.15, 0.2) is 24.4 Å². The van der Waals surface area contributed by atoms with E-state index in [0.29, 0.717) is 25.0 Å². The minimum absolute atomic E-state index is 0.0260. The van der Waals surface area contributed by atoms with Crippen molar-refractivity contribution in [3.63, 3.8) is 0 Å². The minimum atomic E-state index is -0.0260. The lowest BCUT2D eigenvalue weighted by Crippen LogP contribution is -2.35. The van der Waals surface area contributed by atoms with Crippen molar-refractivity contribution in [3.8, 4) is 0 Å². The molecule has 5 rings (SSSR count). The molecule has 0 unspecified atom stereocenters. The number of benzene rings is 1. The highest BCUT2D eigenvalue weighted by Crippen LogP contribution is 2.42. The van der Waals surface area contributed by atoms with Crippen molar-refractivity contribution in [2.45, 2.75) is 51.0 Å². The van der Waals surface area contributed by atoms with Crippen LogP contribution in [0.5, 0.6) is 0 Å². The molecule has 1 aliphatic heterocycles. The van der Waals surface area contributed by atoms with Crippen LogP contribution < -0.4 is 21.3 Å². The van der Waals surface area contributed by atoms with E-state index >= 15 is 0 Å². The van der Waals surface area contributed by atoms with Gasteiger partial charge in [0.05, 0.1) is 0 Å². The normalized spacial score (nSPS) is 17.5. The highest BCUT2D eigenvalue weighted by atomic mass is 16.2. The lowest BCUT2D eigenvalue weighted by molar-refractivity contribution is -0.127. The van der Waals surface area contributed by atoms with Gasteiger partial charge in [-0.25, -0.2) is 4.98 Å². The number of fused-ring (bicyclic) bond motifs is 1. The second-order valence-electron chi connectivity index (χ2n) is 8.65. The fourth-order valence-corrected chi connectivity index (χ4v) is 4.05. The lowest BCUT2D eigenvalue weighted by Gasteiger charge is -2.24. The van der Waals surface area contributed by atoms with E-state index in [1.54, 1.807) is 0 Å². The second kappa shape index (κ2) is 8.53. The van der Waals surface area contributed by atoms with Gasteiger partial charge >= 0.3 is 0 Å². The summed E-state index contributed by atoms with van der Waals surface area (Å²) in [5.41, 5.74) is 3.72. The van der Waals surface area contributed by atoms with Gasteiger partial charge in [-0.3, -0.25) is 9.59 Å². The van der Waals surface area contributed by atoms with Crippen LogP contribution in [0.2, 0.25) is 0 Å². The molecular weight excluding hydrogens is 392 g/mol. The predicted molar refractivity (Wildman–Crippen MR) is 118 cm³/mol. The van der Waals surface area contributed by atoms with E-state index in [4.69, 9.17) is 4.98 Å². The van der Waals surface area contributed by atoms with E-state index in [2.05, 4.69) is 26.3 Å². The summed E-state index contributed by atoms with van der Waals surface area (Å²) in [5.74, 6) is 2.34. The van der Waals surface area contributed by atoms with E-state index in [1.165, 1.54) is 19.3 Å². The molecule has 2 amide bonds. The molecule has 2 saturated carbocycles. The molecule has 2 aromatic rings. The highest BCUT2D eigenvalue weighted by molar-refractivity contribution is 5.98. The molecule has 0 radical (unpaired) electrons. The molecule has 8 heteroatoms. The van der Waals surface area contributed by atoms with Crippen LogP contribution in [-0.2, 0) is 11.3 Å². The van der Waals surface area contributed by atoms with Gasteiger partial charge in [-0.1, -0.05) is 6.42 Å². The summed E-state index contributed by atoms with van der Waals surface area (Å²) >= 11 is 0. The Balaban J connectivity index is 1.19. The van der Waals surface area contributed by atoms with Crippen molar-refractivity contribution in [3.05, 3.63) is 41.1 Å². The van der Waals surface area contributed by atoms with Crippen molar-refractivity contribution < 1.29 is 9.59 Å². The van der Waals surface area contributed by atoms with Crippen LogP contribution in [0.4, 0.5) is 17.5 Å². The van der Waals surface area contributed by atoms with Crippen LogP contribution in [0, 0.1) is 5.92 Å². The Morgan fingerprint density at radius 3 is 2.81 bits per heavy atom. The van der Waals surface area contributed by atoms with Crippen LogP contribution in [0.3, 0.4) is 0 Å². The van der Waals surface area contributed by atoms with Gasteiger partial charge in [0.1, 0.15) is 5.82 Å². The summed E-state index contributed by atoms with van der Waals surface area (Å²) in [5, 5.41) is 12.6. The number of aromatic nitrogens is 2. The predicted octanol–water partition coefficient (Wildman–Crippen LogP) is 3.06. The molecule has 3 aliphatic rings. The standard InChI is InChI=1S/C23H28N6O2/c30-21(15-3-1-4-15)25-10-2-9-24-20-19(14-5-6-14)13-27-23(29-20)28-17-7-8-18-16(11-17)12-26-22(18)31/h7-8,11,13-15H,1-6,9-10,12H2,(H,25,30)(H,26,31)(H2,24,27,28,29). The maximum absolute atomic E-state index is 11.9. The maximum atomic E-state index is 11.9. The third-order valence-corrected chi connectivity index (χ3v) is 6.30. The minimum Gasteiger partial charge on any atom is -0.370 e. The molecule has 2 aliphatic carbocycles. The summed E-state index contributed by atoms with van der Waals surface area (Å²) < 4.78 is 0. The van der Waals surface area contributed by atoms with Gasteiger partial charge in [0.25, 0.3) is 5.91 Å². The van der Waals surface area contributed by atoms with Gasteiger partial charge in [-0.2, -0.15) is 4.98 Å². The van der Waals surface area contributed by atoms with Crippen LogP contribution in [0.25, 0.3) is 0 Å². The van der Waals surface area contributed by atoms with Gasteiger partial charge < -0.3 is 21.3 Å². The first-order valence-electron chi connectivity index (χ1n) is 11.2. The summed E-state index contributed by atoms with van der Waals surface area (Å²) in [6.45, 7) is 1.97. The highest BCUT2D eigenvalue weighted by Gasteiger charge is 2.28. The Kier molecular flexibility index (Phi) is 5.44. The molecule has 1 aromatic carbocycles. The number of rotatable bonds is 9. The van der Waals surface area contributed by atoms with Crippen LogP contribution in [-0.4, -0.2) is 34.9 Å². The second-order valence-corrected chi connectivity index (χ2v) is 8.65. The number of hydrogen-bond acceptors (Lipinski definition) is 6. The first-order valence-corrected chi connectivity index (χ1v) is 11.2. The first kappa shape index (κ1) is 19.8. The molecule has 0 atom stereocenters. The number of anilines is 3. The average molecular weight is 421 g/mol. The molecule has 0 bridgehead atoms. The quantitative estimate of drug-likeness (QED) is 0.465. The van der Waals surface area contributed by atoms with E-state index in [0.717, 1.165) is 54.0 Å². The summed E-state index contributed by atoms with van der Waals surface area (Å²) in [7, 11) is 0. The smallest absolute Gasteiger partial charge is 0.251 e. The number of carbonyl (C=O) groups is 2. The van der Waals surface area contributed by atoms with Crippen molar-refractivity contribution in [2.75, 3.05) is 23.7 Å². The number of carbonyl (C=O) groups excluding carboxylic acids is 2. The number of nitrogens with zero attached hydrogens (tertiary/aromatic N) is 2. The SMILES string of the molecule is O=C1NCc2cc(Nc3ncc(C4CC4)c(NCCCNC(=O)C4CCC4)n3)ccc21. The average Bonchev–Trinajstić information content (AvgIpc) is 3.50. The largest absolute Gasteiger partial charge is 0.370 e. The summed E-state index contributed by atoms with van der Waals surface area (Å²) in [6, 6.07) is 5.67. The molecule has 0 spiro atoms. The van der Waals surface area contributed by atoms with Crippen molar-refractivity contribution in [1.82, 2.24) is 20.6 Å². The topological polar surface area (TPSA) is 108 Å². The van der Waals surface area contributed by atoms with Crippen LogP contribution >= 0.6 is 0 Å². The monoisotopic (exact) mass is 420 g/mol. The fourth-order valence-electron chi connectivity index (χ4n) is 4.05. The molecule has 2 fully saturated rings. The number of hydrogen-bond donors (Lipinski definition) is 4. The van der Waals surface area contributed by atoms with Crippen LogP contribution in [0.1, 0.15) is 65.9 Å².